The van der Waals surface area contributed by atoms with Gasteiger partial charge in [-0.05, 0) is 62.6 Å². The van der Waals surface area contributed by atoms with E-state index in [0.29, 0.717) is 35.0 Å². The van der Waals surface area contributed by atoms with Crippen LogP contribution in [0.2, 0.25) is 0 Å². The average Bonchev–Trinajstić information content (AvgIpc) is 3.18. The Morgan fingerprint density at radius 1 is 1.11 bits per heavy atom. The van der Waals surface area contributed by atoms with Gasteiger partial charge in [0.15, 0.2) is 10.7 Å². The first-order chi connectivity index (χ1) is 16.8. The van der Waals surface area contributed by atoms with E-state index < -0.39 is 0 Å². The number of ether oxygens (including phenoxy) is 1. The highest BCUT2D eigenvalue weighted by molar-refractivity contribution is 7.99. The van der Waals surface area contributed by atoms with E-state index >= 15 is 0 Å². The van der Waals surface area contributed by atoms with Crippen LogP contribution in [0, 0.1) is 20.8 Å². The predicted octanol–water partition coefficient (Wildman–Crippen LogP) is 4.33. The summed E-state index contributed by atoms with van der Waals surface area (Å²) < 4.78 is 8.55. The highest BCUT2D eigenvalue weighted by Crippen LogP contribution is 2.23. The number of hydrogen-bond acceptors (Lipinski definition) is 6. The number of carbonyl (C=O) groups is 1. The summed E-state index contributed by atoms with van der Waals surface area (Å²) in [6.07, 6.45) is 0. The Balaban J connectivity index is 1.67. The van der Waals surface area contributed by atoms with Crippen molar-refractivity contribution in [2.24, 2.45) is 0 Å². The first-order valence-corrected chi connectivity index (χ1v) is 12.4. The average molecular weight is 492 g/mol. The third kappa shape index (κ3) is 5.09. The van der Waals surface area contributed by atoms with Gasteiger partial charge < -0.3 is 10.1 Å². The first-order valence-electron chi connectivity index (χ1n) is 11.4. The van der Waals surface area contributed by atoms with Crippen molar-refractivity contribution in [3.05, 3.63) is 75.2 Å². The number of methoxy groups -OCH3 is 1. The molecular formula is C26H29N5O3S. The lowest BCUT2D eigenvalue weighted by molar-refractivity contribution is -0.113. The molecule has 8 nitrogen and oxygen atoms in total. The second kappa shape index (κ2) is 10.4. The summed E-state index contributed by atoms with van der Waals surface area (Å²) in [4.78, 5) is 31.2. The van der Waals surface area contributed by atoms with Crippen molar-refractivity contribution in [3.63, 3.8) is 0 Å². The number of rotatable bonds is 8. The van der Waals surface area contributed by atoms with Crippen LogP contribution in [0.15, 0.2) is 52.4 Å². The monoisotopic (exact) mass is 491 g/mol. The van der Waals surface area contributed by atoms with E-state index in [-0.39, 0.29) is 17.2 Å². The maximum atomic E-state index is 13.6. The molecule has 2 aromatic heterocycles. The van der Waals surface area contributed by atoms with E-state index in [4.69, 9.17) is 9.72 Å². The Labute approximate surface area is 208 Å². The van der Waals surface area contributed by atoms with Crippen molar-refractivity contribution < 1.29 is 9.53 Å². The van der Waals surface area contributed by atoms with Gasteiger partial charge in [-0.15, -0.1) is 0 Å². The van der Waals surface area contributed by atoms with E-state index in [9.17, 15) is 9.59 Å². The molecule has 2 heterocycles. The van der Waals surface area contributed by atoms with Crippen LogP contribution in [0.5, 0.6) is 5.75 Å². The minimum atomic E-state index is -0.175. The summed E-state index contributed by atoms with van der Waals surface area (Å²) in [6.45, 7) is 8.66. The molecule has 9 heteroatoms. The fraction of sp³-hybridized carbons (Fsp3) is 0.308. The fourth-order valence-corrected chi connectivity index (χ4v) is 4.67. The van der Waals surface area contributed by atoms with Crippen molar-refractivity contribution in [1.82, 2.24) is 19.3 Å². The van der Waals surface area contributed by atoms with Gasteiger partial charge in [0.1, 0.15) is 11.3 Å². The van der Waals surface area contributed by atoms with Crippen molar-refractivity contribution in [3.8, 4) is 5.75 Å². The highest BCUT2D eigenvalue weighted by atomic mass is 32.2. The SMILES string of the molecule is CCn1nc(C)c2nc(SCC(=O)Nc3cccc(C)c3C)n(Cc3ccc(OC)cc3)c(=O)c21. The third-order valence-electron chi connectivity index (χ3n) is 5.99. The minimum Gasteiger partial charge on any atom is -0.497 e. The largest absolute Gasteiger partial charge is 0.497 e. The fourth-order valence-electron chi connectivity index (χ4n) is 3.88. The number of nitrogens with zero attached hydrogens (tertiary/aromatic N) is 4. The van der Waals surface area contributed by atoms with Crippen LogP contribution in [0.1, 0.15) is 29.3 Å². The first kappa shape index (κ1) is 24.5. The summed E-state index contributed by atoms with van der Waals surface area (Å²) in [5.74, 6) is 0.705. The van der Waals surface area contributed by atoms with E-state index in [1.54, 1.807) is 16.4 Å². The van der Waals surface area contributed by atoms with Gasteiger partial charge in [-0.25, -0.2) is 4.98 Å². The lowest BCUT2D eigenvalue weighted by Gasteiger charge is -2.14. The number of anilines is 1. The molecule has 1 amide bonds. The lowest BCUT2D eigenvalue weighted by Crippen LogP contribution is -2.26. The number of benzene rings is 2. The van der Waals surface area contributed by atoms with E-state index in [1.807, 2.05) is 70.2 Å². The topological polar surface area (TPSA) is 91.0 Å². The molecule has 4 aromatic rings. The van der Waals surface area contributed by atoms with Gasteiger partial charge in [0, 0.05) is 12.2 Å². The number of aromatic nitrogens is 4. The van der Waals surface area contributed by atoms with E-state index in [2.05, 4.69) is 10.4 Å². The smallest absolute Gasteiger partial charge is 0.280 e. The molecule has 0 unspecified atom stereocenters. The van der Waals surface area contributed by atoms with Crippen molar-refractivity contribution in [2.45, 2.75) is 45.9 Å². The number of aryl methyl sites for hydroxylation is 3. The van der Waals surface area contributed by atoms with Gasteiger partial charge in [0.2, 0.25) is 5.91 Å². The number of fused-ring (bicyclic) bond motifs is 1. The third-order valence-corrected chi connectivity index (χ3v) is 6.97. The van der Waals surface area contributed by atoms with Gasteiger partial charge in [-0.2, -0.15) is 5.10 Å². The molecule has 0 saturated heterocycles. The van der Waals surface area contributed by atoms with Gasteiger partial charge in [-0.1, -0.05) is 36.0 Å². The molecule has 0 aliphatic carbocycles. The highest BCUT2D eigenvalue weighted by Gasteiger charge is 2.19. The van der Waals surface area contributed by atoms with Crippen LogP contribution in [-0.2, 0) is 17.9 Å². The maximum Gasteiger partial charge on any atom is 0.280 e. The summed E-state index contributed by atoms with van der Waals surface area (Å²) in [7, 11) is 1.61. The second-order valence-electron chi connectivity index (χ2n) is 8.32. The molecule has 2 aromatic carbocycles. The molecule has 0 fully saturated rings. The van der Waals surface area contributed by atoms with Crippen molar-refractivity contribution >= 4 is 34.4 Å². The molecule has 182 valence electrons. The second-order valence-corrected chi connectivity index (χ2v) is 9.26. The number of carbonyl (C=O) groups excluding carboxylic acids is 1. The Morgan fingerprint density at radius 2 is 1.86 bits per heavy atom. The van der Waals surface area contributed by atoms with Gasteiger partial charge in [0.05, 0.1) is 25.1 Å². The van der Waals surface area contributed by atoms with Crippen molar-refractivity contribution in [1.29, 1.82) is 0 Å². The summed E-state index contributed by atoms with van der Waals surface area (Å²) in [5.41, 5.74) is 5.42. The zero-order valence-corrected chi connectivity index (χ0v) is 21.4. The Morgan fingerprint density at radius 3 is 2.54 bits per heavy atom. The van der Waals surface area contributed by atoms with Crippen LogP contribution in [0.4, 0.5) is 5.69 Å². The van der Waals surface area contributed by atoms with Crippen LogP contribution in [0.3, 0.4) is 0 Å². The molecule has 0 bridgehead atoms. The van der Waals surface area contributed by atoms with Crippen LogP contribution in [0.25, 0.3) is 11.0 Å². The molecule has 35 heavy (non-hydrogen) atoms. The van der Waals surface area contributed by atoms with E-state index in [0.717, 1.165) is 28.1 Å². The number of nitrogens with one attached hydrogen (secondary N) is 1. The Bertz CT molecular complexity index is 1440. The number of thioether (sulfide) groups is 1. The van der Waals surface area contributed by atoms with Crippen LogP contribution in [-0.4, -0.2) is 38.1 Å². The predicted molar refractivity (Wildman–Crippen MR) is 140 cm³/mol. The Hall–Kier alpha value is -3.59. The molecule has 0 aliphatic heterocycles. The standard InChI is InChI=1S/C26H29N5O3S/c1-6-31-24-23(18(4)29-31)28-26(30(25(24)33)14-19-10-12-20(34-5)13-11-19)35-15-22(32)27-21-9-7-8-16(2)17(21)3/h7-13H,6,14-15H2,1-5H3,(H,27,32). The van der Waals surface area contributed by atoms with Gasteiger partial charge in [0.25, 0.3) is 5.56 Å². The van der Waals surface area contributed by atoms with Gasteiger partial charge in [-0.3, -0.25) is 18.8 Å². The lowest BCUT2D eigenvalue weighted by atomic mass is 10.1. The van der Waals surface area contributed by atoms with Crippen molar-refractivity contribution in [2.75, 3.05) is 18.2 Å². The quantitative estimate of drug-likeness (QED) is 0.292. The van der Waals surface area contributed by atoms with Crippen LogP contribution < -0.4 is 15.6 Å². The molecule has 0 atom stereocenters. The zero-order chi connectivity index (χ0) is 25.1. The molecular weight excluding hydrogens is 462 g/mol. The molecule has 0 spiro atoms. The summed E-state index contributed by atoms with van der Waals surface area (Å²) in [6, 6.07) is 13.4. The molecule has 0 aliphatic rings. The van der Waals surface area contributed by atoms with Crippen LogP contribution >= 0.6 is 11.8 Å². The molecule has 4 rings (SSSR count). The minimum absolute atomic E-state index is 0.120. The van der Waals surface area contributed by atoms with Gasteiger partial charge >= 0.3 is 0 Å². The molecule has 0 saturated carbocycles. The number of amides is 1. The number of hydrogen-bond donors (Lipinski definition) is 1. The molecule has 1 N–H and O–H groups in total. The van der Waals surface area contributed by atoms with E-state index in [1.165, 1.54) is 11.8 Å². The maximum absolute atomic E-state index is 13.6. The normalized spacial score (nSPS) is 11.1. The zero-order valence-electron chi connectivity index (χ0n) is 20.6. The summed E-state index contributed by atoms with van der Waals surface area (Å²) >= 11 is 1.24. The summed E-state index contributed by atoms with van der Waals surface area (Å²) in [5, 5.41) is 7.94. The Kier molecular flexibility index (Phi) is 7.25. The molecule has 0 radical (unpaired) electrons.